The fraction of sp³-hybridized carbons (Fsp3) is 0.545. The van der Waals surface area contributed by atoms with E-state index in [0.717, 1.165) is 82.6 Å². The van der Waals surface area contributed by atoms with Crippen molar-refractivity contribution in [3.8, 4) is 11.1 Å². The van der Waals surface area contributed by atoms with Gasteiger partial charge >= 0.3 is 0 Å². The van der Waals surface area contributed by atoms with Crippen LogP contribution in [0.5, 0.6) is 0 Å². The number of piperidine rings is 1. The van der Waals surface area contributed by atoms with Gasteiger partial charge in [-0.1, -0.05) is 24.3 Å². The molecule has 1 aliphatic carbocycles. The predicted molar refractivity (Wildman–Crippen MR) is 165 cm³/mol. The Balaban J connectivity index is 1.13. The van der Waals surface area contributed by atoms with Crippen molar-refractivity contribution in [1.82, 2.24) is 19.4 Å². The largest absolute Gasteiger partial charge is 0.373 e. The lowest BCUT2D eigenvalue weighted by Crippen LogP contribution is -2.52. The fourth-order valence-corrected chi connectivity index (χ4v) is 7.10. The summed E-state index contributed by atoms with van der Waals surface area (Å²) in [5.41, 5.74) is 5.65. The van der Waals surface area contributed by atoms with Crippen LogP contribution in [0.4, 0.5) is 5.69 Å². The van der Waals surface area contributed by atoms with E-state index >= 15 is 0 Å². The summed E-state index contributed by atoms with van der Waals surface area (Å²) in [5.74, 6) is 1.03. The third-order valence-corrected chi connectivity index (χ3v) is 9.86. The fourth-order valence-electron chi connectivity index (χ4n) is 7.10. The van der Waals surface area contributed by atoms with Crippen molar-refractivity contribution in [3.05, 3.63) is 54.4 Å². The Hall–Kier alpha value is -3.23. The maximum atomic E-state index is 13.0. The summed E-state index contributed by atoms with van der Waals surface area (Å²) in [6, 6.07) is 13.8. The zero-order chi connectivity index (χ0) is 28.6. The van der Waals surface area contributed by atoms with Gasteiger partial charge in [0.05, 0.1) is 16.8 Å². The first-order valence-electron chi connectivity index (χ1n) is 15.2. The van der Waals surface area contributed by atoms with Crippen LogP contribution in [0.2, 0.25) is 0 Å². The van der Waals surface area contributed by atoms with Gasteiger partial charge in [-0.15, -0.1) is 0 Å². The van der Waals surface area contributed by atoms with Gasteiger partial charge in [-0.3, -0.25) is 4.79 Å². The molecule has 3 aliphatic rings. The van der Waals surface area contributed by atoms with Crippen molar-refractivity contribution in [3.63, 3.8) is 0 Å². The summed E-state index contributed by atoms with van der Waals surface area (Å²) in [7, 11) is 1.85. The highest BCUT2D eigenvalue weighted by atomic mass is 16.5. The number of piperazine rings is 1. The van der Waals surface area contributed by atoms with E-state index in [1.807, 2.05) is 17.8 Å². The number of amides is 1. The summed E-state index contributed by atoms with van der Waals surface area (Å²) in [6.07, 6.45) is 7.93. The van der Waals surface area contributed by atoms with Crippen LogP contribution in [0, 0.1) is 11.8 Å². The monoisotopic (exact) mass is 556 g/mol. The van der Waals surface area contributed by atoms with E-state index in [2.05, 4.69) is 88.0 Å². The molecule has 2 aliphatic heterocycles. The second-order valence-corrected chi connectivity index (χ2v) is 12.4. The van der Waals surface area contributed by atoms with Crippen molar-refractivity contribution >= 4 is 23.8 Å². The summed E-state index contributed by atoms with van der Waals surface area (Å²) in [6.45, 7) is 14.2. The summed E-state index contributed by atoms with van der Waals surface area (Å²) >= 11 is 0. The molecule has 0 unspecified atom stereocenters. The van der Waals surface area contributed by atoms with E-state index in [-0.39, 0.29) is 11.5 Å². The maximum Gasteiger partial charge on any atom is 0.225 e. The van der Waals surface area contributed by atoms with Crippen LogP contribution in [-0.2, 0) is 15.1 Å². The van der Waals surface area contributed by atoms with Crippen LogP contribution in [0.15, 0.2) is 53.8 Å². The number of aliphatic imine (C=N–C) groups is 1. The predicted octanol–water partition coefficient (Wildman–Crippen LogP) is 4.72. The highest BCUT2D eigenvalue weighted by Gasteiger charge is 2.38. The van der Waals surface area contributed by atoms with Gasteiger partial charge in [-0.05, 0) is 75.4 Å². The van der Waals surface area contributed by atoms with Crippen LogP contribution in [0.3, 0.4) is 0 Å². The lowest BCUT2D eigenvalue weighted by Gasteiger charge is -2.42. The van der Waals surface area contributed by atoms with Crippen LogP contribution in [-0.4, -0.2) is 91.0 Å². The third kappa shape index (κ3) is 5.40. The SMILES string of the molecule is C=NC[C@H]1C[C@H](C(=O)N2CCN(c3ccnn4cc(-c5ccc(C6(OC)CCN(C(C)C)CC6)cc5)cc34)CC2)C1. The average Bonchev–Trinajstić information content (AvgIpc) is 3.43. The Morgan fingerprint density at radius 3 is 2.39 bits per heavy atom. The van der Waals surface area contributed by atoms with E-state index in [9.17, 15) is 4.79 Å². The first kappa shape index (κ1) is 27.9. The number of fused-ring (bicyclic) bond motifs is 1. The number of hydrogen-bond donors (Lipinski definition) is 0. The van der Waals surface area contributed by atoms with E-state index in [4.69, 9.17) is 4.74 Å². The summed E-state index contributed by atoms with van der Waals surface area (Å²) in [4.78, 5) is 24.0. The van der Waals surface area contributed by atoms with Crippen molar-refractivity contribution in [1.29, 1.82) is 0 Å². The summed E-state index contributed by atoms with van der Waals surface area (Å²) in [5, 5.41) is 4.62. The van der Waals surface area contributed by atoms with Gasteiger partial charge in [0.25, 0.3) is 0 Å². The van der Waals surface area contributed by atoms with Crippen molar-refractivity contribution in [2.45, 2.75) is 51.2 Å². The molecule has 0 spiro atoms. The number of aromatic nitrogens is 2. The highest BCUT2D eigenvalue weighted by Crippen LogP contribution is 2.38. The summed E-state index contributed by atoms with van der Waals surface area (Å²) < 4.78 is 8.13. The number of rotatable bonds is 8. The number of likely N-dealkylation sites (tertiary alicyclic amines) is 1. The van der Waals surface area contributed by atoms with Gasteiger partial charge in [0.15, 0.2) is 0 Å². The Labute approximate surface area is 244 Å². The van der Waals surface area contributed by atoms with E-state index in [1.54, 1.807) is 0 Å². The first-order chi connectivity index (χ1) is 19.9. The van der Waals surface area contributed by atoms with Crippen molar-refractivity contribution in [2.24, 2.45) is 16.8 Å². The van der Waals surface area contributed by atoms with E-state index < -0.39 is 0 Å². The molecule has 1 aromatic carbocycles. The topological polar surface area (TPSA) is 65.7 Å². The Kier molecular flexibility index (Phi) is 7.88. The zero-order valence-electron chi connectivity index (χ0n) is 24.8. The number of anilines is 1. The smallest absolute Gasteiger partial charge is 0.225 e. The molecule has 3 aromatic rings. The van der Waals surface area contributed by atoms with Crippen LogP contribution in [0.25, 0.3) is 16.6 Å². The number of benzene rings is 1. The van der Waals surface area contributed by atoms with Crippen LogP contribution < -0.4 is 4.90 Å². The quantitative estimate of drug-likeness (QED) is 0.376. The van der Waals surface area contributed by atoms with Crippen molar-refractivity contribution < 1.29 is 9.53 Å². The molecule has 8 heteroatoms. The van der Waals surface area contributed by atoms with E-state index in [0.29, 0.717) is 17.9 Å². The Morgan fingerprint density at radius 1 is 1.05 bits per heavy atom. The molecule has 2 saturated heterocycles. The van der Waals surface area contributed by atoms with Gasteiger partial charge in [-0.25, -0.2) is 4.52 Å². The Morgan fingerprint density at radius 2 is 1.76 bits per heavy atom. The molecule has 2 aromatic heterocycles. The molecule has 0 N–H and O–H groups in total. The first-order valence-corrected chi connectivity index (χ1v) is 15.2. The lowest BCUT2D eigenvalue weighted by molar-refractivity contribution is -0.140. The standard InChI is InChI=1S/C33H44N6O2/c1-24(2)36-13-10-33(41-4,11-14-36)29-7-5-26(6-8-29)28-21-31-30(9-12-35-39(31)23-28)37-15-17-38(18-16-37)32(40)27-19-25(20-27)22-34-3/h5-9,12,21,23-25,27H,3,10-11,13-20,22H2,1-2,4H3/t25-,27-. The number of carbonyl (C=O) groups is 1. The lowest BCUT2D eigenvalue weighted by atomic mass is 9.74. The van der Waals surface area contributed by atoms with E-state index in [1.165, 1.54) is 16.8 Å². The van der Waals surface area contributed by atoms with Gasteiger partial charge in [-0.2, -0.15) is 5.10 Å². The normalized spacial score (nSPS) is 23.1. The van der Waals surface area contributed by atoms with Gasteiger partial charge in [0.2, 0.25) is 5.91 Å². The molecular formula is C33H44N6O2. The zero-order valence-corrected chi connectivity index (χ0v) is 24.8. The number of methoxy groups -OCH3 is 1. The van der Waals surface area contributed by atoms with Crippen LogP contribution in [0.1, 0.15) is 45.1 Å². The molecule has 6 rings (SSSR count). The molecule has 41 heavy (non-hydrogen) atoms. The van der Waals surface area contributed by atoms with Crippen LogP contribution >= 0.6 is 0 Å². The number of hydrogen-bond acceptors (Lipinski definition) is 6. The number of carbonyl (C=O) groups excluding carboxylic acids is 1. The minimum Gasteiger partial charge on any atom is -0.373 e. The second-order valence-electron chi connectivity index (χ2n) is 12.4. The van der Waals surface area contributed by atoms with Gasteiger partial charge < -0.3 is 24.4 Å². The maximum absolute atomic E-state index is 13.0. The molecule has 8 nitrogen and oxygen atoms in total. The molecule has 1 amide bonds. The molecule has 0 bridgehead atoms. The van der Waals surface area contributed by atoms with Gasteiger partial charge in [0.1, 0.15) is 0 Å². The molecule has 218 valence electrons. The Bertz CT molecular complexity index is 1360. The number of ether oxygens (including phenoxy) is 1. The second kappa shape index (κ2) is 11.6. The minimum atomic E-state index is -0.212. The molecule has 0 atom stereocenters. The average molecular weight is 557 g/mol. The molecule has 1 saturated carbocycles. The molecular weight excluding hydrogens is 512 g/mol. The number of nitrogens with zero attached hydrogens (tertiary/aromatic N) is 6. The van der Waals surface area contributed by atoms with Crippen molar-refractivity contribution in [2.75, 3.05) is 57.8 Å². The molecule has 4 heterocycles. The highest BCUT2D eigenvalue weighted by molar-refractivity contribution is 5.82. The van der Waals surface area contributed by atoms with Gasteiger partial charge in [0, 0.05) is 82.8 Å². The molecule has 3 fully saturated rings. The minimum absolute atomic E-state index is 0.173. The molecule has 0 radical (unpaired) electrons. The third-order valence-electron chi connectivity index (χ3n) is 9.86.